The number of ketones is 1. The maximum absolute atomic E-state index is 12.1. The Balaban J connectivity index is 2.18. The van der Waals surface area contributed by atoms with E-state index in [2.05, 4.69) is 5.32 Å². The van der Waals surface area contributed by atoms with Crippen LogP contribution in [0.3, 0.4) is 0 Å². The van der Waals surface area contributed by atoms with Gasteiger partial charge in [-0.25, -0.2) is 0 Å². The molecule has 5 heteroatoms. The lowest BCUT2D eigenvalue weighted by Crippen LogP contribution is -2.55. The number of rotatable bonds is 2. The van der Waals surface area contributed by atoms with Crippen LogP contribution in [0.15, 0.2) is 0 Å². The largest absolute Gasteiger partial charge is 0.319 e. The first-order valence-electron chi connectivity index (χ1n) is 5.26. The number of thioether (sulfide) groups is 1. The quantitative estimate of drug-likeness (QED) is 0.735. The molecule has 0 aromatic rings. The molecule has 0 saturated carbocycles. The summed E-state index contributed by atoms with van der Waals surface area (Å²) in [5.74, 6) is 1.03. The molecule has 2 heterocycles. The van der Waals surface area contributed by atoms with Crippen LogP contribution in [0, 0.1) is 0 Å². The Kier molecular flexibility index (Phi) is 3.02. The van der Waals surface area contributed by atoms with Gasteiger partial charge in [0.1, 0.15) is 0 Å². The average Bonchev–Trinajstić information content (AvgIpc) is 2.63. The predicted octanol–water partition coefficient (Wildman–Crippen LogP) is 0.227. The second-order valence-electron chi connectivity index (χ2n) is 4.08. The molecule has 1 N–H and O–H groups in total. The van der Waals surface area contributed by atoms with Gasteiger partial charge in [-0.1, -0.05) is 0 Å². The Labute approximate surface area is 93.8 Å². The summed E-state index contributed by atoms with van der Waals surface area (Å²) in [7, 11) is 1.79. The van der Waals surface area contributed by atoms with E-state index in [0.29, 0.717) is 0 Å². The minimum atomic E-state index is -0.175. The number of carbonyl (C=O) groups is 2. The smallest absolute Gasteiger partial charge is 0.242 e. The zero-order chi connectivity index (χ0) is 11.0. The van der Waals surface area contributed by atoms with Crippen LogP contribution in [0.25, 0.3) is 0 Å². The van der Waals surface area contributed by atoms with Crippen LogP contribution >= 0.6 is 11.8 Å². The summed E-state index contributed by atoms with van der Waals surface area (Å²) in [6, 6.07) is -0.294. The predicted molar refractivity (Wildman–Crippen MR) is 59.6 cm³/mol. The fourth-order valence-corrected chi connectivity index (χ4v) is 3.74. The average molecular weight is 228 g/mol. The first-order valence-corrected chi connectivity index (χ1v) is 6.31. The van der Waals surface area contributed by atoms with Gasteiger partial charge in [0.05, 0.1) is 17.5 Å². The number of likely N-dealkylation sites (N-methyl/N-ethyl adjacent to an activating group) is 1. The molecule has 2 fully saturated rings. The van der Waals surface area contributed by atoms with Crippen molar-refractivity contribution in [3.8, 4) is 0 Å². The van der Waals surface area contributed by atoms with Crippen LogP contribution < -0.4 is 5.32 Å². The van der Waals surface area contributed by atoms with E-state index < -0.39 is 0 Å². The molecule has 0 aromatic carbocycles. The Hall–Kier alpha value is -0.550. The molecule has 0 aromatic heterocycles. The minimum absolute atomic E-state index is 0.0963. The molecule has 0 aliphatic carbocycles. The van der Waals surface area contributed by atoms with Crippen LogP contribution in [0.4, 0.5) is 0 Å². The van der Waals surface area contributed by atoms with E-state index in [0.717, 1.165) is 18.6 Å². The highest BCUT2D eigenvalue weighted by Gasteiger charge is 2.44. The van der Waals surface area contributed by atoms with Gasteiger partial charge in [0.15, 0.2) is 5.78 Å². The molecule has 1 amide bonds. The number of carbonyl (C=O) groups excluding carboxylic acids is 2. The van der Waals surface area contributed by atoms with Crippen LogP contribution in [0.5, 0.6) is 0 Å². The minimum Gasteiger partial charge on any atom is -0.319 e. The van der Waals surface area contributed by atoms with Crippen molar-refractivity contribution >= 4 is 23.5 Å². The van der Waals surface area contributed by atoms with Gasteiger partial charge in [0.25, 0.3) is 0 Å². The summed E-state index contributed by atoms with van der Waals surface area (Å²) in [4.78, 5) is 25.3. The molecule has 2 aliphatic rings. The van der Waals surface area contributed by atoms with Gasteiger partial charge in [-0.2, -0.15) is 0 Å². The third-order valence-electron chi connectivity index (χ3n) is 3.16. The van der Waals surface area contributed by atoms with Crippen molar-refractivity contribution in [2.45, 2.75) is 37.2 Å². The molecule has 4 nitrogen and oxygen atoms in total. The zero-order valence-electron chi connectivity index (χ0n) is 9.03. The van der Waals surface area contributed by atoms with E-state index in [1.807, 2.05) is 0 Å². The highest BCUT2D eigenvalue weighted by Crippen LogP contribution is 2.36. The molecular formula is C10H16N2O2S. The zero-order valence-corrected chi connectivity index (χ0v) is 9.84. The molecule has 0 bridgehead atoms. The number of Topliss-reactive ketones (excluding diaryl/α,β-unsaturated/α-hetero) is 1. The van der Waals surface area contributed by atoms with E-state index in [9.17, 15) is 9.59 Å². The van der Waals surface area contributed by atoms with E-state index in [1.165, 1.54) is 0 Å². The second kappa shape index (κ2) is 4.14. The molecule has 0 spiro atoms. The van der Waals surface area contributed by atoms with Gasteiger partial charge in [-0.3, -0.25) is 9.59 Å². The number of hydrogen-bond acceptors (Lipinski definition) is 4. The summed E-state index contributed by atoms with van der Waals surface area (Å²) < 4.78 is 0. The number of nitrogens with one attached hydrogen (secondary N) is 1. The molecule has 3 unspecified atom stereocenters. The van der Waals surface area contributed by atoms with Crippen LogP contribution in [-0.2, 0) is 9.59 Å². The van der Waals surface area contributed by atoms with Crippen LogP contribution in [0.1, 0.15) is 19.8 Å². The lowest BCUT2D eigenvalue weighted by Gasteiger charge is -2.36. The SMILES string of the molecule is CNC1CSC2CCC(C(C)=O)N2C1=O. The van der Waals surface area contributed by atoms with Gasteiger partial charge in [0, 0.05) is 5.75 Å². The van der Waals surface area contributed by atoms with E-state index in [1.54, 1.807) is 30.6 Å². The number of amides is 1. The first kappa shape index (κ1) is 11.0. The summed E-state index contributed by atoms with van der Waals surface area (Å²) >= 11 is 1.78. The van der Waals surface area contributed by atoms with Gasteiger partial charge in [0.2, 0.25) is 5.91 Å². The van der Waals surface area contributed by atoms with Gasteiger partial charge >= 0.3 is 0 Å². The number of nitrogens with zero attached hydrogens (tertiary/aromatic N) is 1. The Morgan fingerprint density at radius 3 is 2.87 bits per heavy atom. The maximum Gasteiger partial charge on any atom is 0.242 e. The van der Waals surface area contributed by atoms with Crippen LogP contribution in [0.2, 0.25) is 0 Å². The normalized spacial score (nSPS) is 35.5. The van der Waals surface area contributed by atoms with Crippen molar-refractivity contribution in [3.05, 3.63) is 0 Å². The topological polar surface area (TPSA) is 49.4 Å². The third-order valence-corrected chi connectivity index (χ3v) is 4.53. The lowest BCUT2D eigenvalue weighted by atomic mass is 10.1. The van der Waals surface area contributed by atoms with Gasteiger partial charge in [-0.15, -0.1) is 11.8 Å². The monoisotopic (exact) mass is 228 g/mol. The van der Waals surface area contributed by atoms with E-state index in [-0.39, 0.29) is 29.1 Å². The van der Waals surface area contributed by atoms with Crippen molar-refractivity contribution in [2.75, 3.05) is 12.8 Å². The van der Waals surface area contributed by atoms with Crippen molar-refractivity contribution < 1.29 is 9.59 Å². The summed E-state index contributed by atoms with van der Waals surface area (Å²) in [5, 5.41) is 3.23. The molecule has 15 heavy (non-hydrogen) atoms. The summed E-state index contributed by atoms with van der Waals surface area (Å²) in [6.45, 7) is 1.58. The van der Waals surface area contributed by atoms with E-state index >= 15 is 0 Å². The fourth-order valence-electron chi connectivity index (χ4n) is 2.30. The molecule has 2 aliphatic heterocycles. The Bertz CT molecular complexity index is 295. The van der Waals surface area contributed by atoms with Crippen LogP contribution in [-0.4, -0.2) is 46.8 Å². The van der Waals surface area contributed by atoms with E-state index in [4.69, 9.17) is 0 Å². The van der Waals surface area contributed by atoms with Crippen molar-refractivity contribution in [1.82, 2.24) is 10.2 Å². The maximum atomic E-state index is 12.1. The van der Waals surface area contributed by atoms with Crippen molar-refractivity contribution in [3.63, 3.8) is 0 Å². The fraction of sp³-hybridized carbons (Fsp3) is 0.800. The molecule has 0 radical (unpaired) electrons. The molecule has 2 rings (SSSR count). The molecular weight excluding hydrogens is 212 g/mol. The number of fused-ring (bicyclic) bond motifs is 1. The highest BCUT2D eigenvalue weighted by molar-refractivity contribution is 8.00. The number of hydrogen-bond donors (Lipinski definition) is 1. The second-order valence-corrected chi connectivity index (χ2v) is 5.29. The Morgan fingerprint density at radius 2 is 2.27 bits per heavy atom. The Morgan fingerprint density at radius 1 is 1.53 bits per heavy atom. The first-order chi connectivity index (χ1) is 7.15. The summed E-state index contributed by atoms with van der Waals surface area (Å²) in [5.41, 5.74) is 0. The molecule has 84 valence electrons. The van der Waals surface area contributed by atoms with Crippen molar-refractivity contribution in [1.29, 1.82) is 0 Å². The molecule has 2 saturated heterocycles. The van der Waals surface area contributed by atoms with Gasteiger partial charge < -0.3 is 10.2 Å². The summed E-state index contributed by atoms with van der Waals surface area (Å²) in [6.07, 6.45) is 1.78. The highest BCUT2D eigenvalue weighted by atomic mass is 32.2. The third kappa shape index (κ3) is 1.78. The standard InChI is InChI=1S/C10H16N2O2S/c1-6(13)8-3-4-9-12(8)10(14)7(11-2)5-15-9/h7-9,11H,3-5H2,1-2H3. The lowest BCUT2D eigenvalue weighted by molar-refractivity contribution is -0.139. The van der Waals surface area contributed by atoms with Gasteiger partial charge in [-0.05, 0) is 26.8 Å². The van der Waals surface area contributed by atoms with Crippen molar-refractivity contribution in [2.24, 2.45) is 0 Å². The molecule has 3 atom stereocenters.